The molecule has 0 aliphatic carbocycles. The second-order valence-electron chi connectivity index (χ2n) is 18.9. The molecule has 1 unspecified atom stereocenters. The summed E-state index contributed by atoms with van der Waals surface area (Å²) in [5, 5.41) is 0. The molecule has 0 saturated carbocycles. The highest BCUT2D eigenvalue weighted by atomic mass is 16.6. The van der Waals surface area contributed by atoms with Gasteiger partial charge in [0.2, 0.25) is 0 Å². The van der Waals surface area contributed by atoms with Gasteiger partial charge in [-0.25, -0.2) is 0 Å². The van der Waals surface area contributed by atoms with Crippen molar-refractivity contribution in [3.63, 3.8) is 0 Å². The number of hydrogen-bond donors (Lipinski definition) is 0. The molecule has 62 heavy (non-hydrogen) atoms. The average molecular weight is 873 g/mol. The summed E-state index contributed by atoms with van der Waals surface area (Å²) in [7, 11) is 0. The van der Waals surface area contributed by atoms with Gasteiger partial charge in [-0.2, -0.15) is 0 Å². The van der Waals surface area contributed by atoms with Gasteiger partial charge in [0.1, 0.15) is 6.61 Å². The Bertz CT molecular complexity index is 943. The van der Waals surface area contributed by atoms with Crippen LogP contribution < -0.4 is 0 Å². The van der Waals surface area contributed by atoms with Gasteiger partial charge in [-0.05, 0) is 51.4 Å². The van der Waals surface area contributed by atoms with Crippen molar-refractivity contribution in [1.29, 1.82) is 0 Å². The van der Waals surface area contributed by atoms with Gasteiger partial charge < -0.3 is 14.2 Å². The van der Waals surface area contributed by atoms with Crippen LogP contribution in [0, 0.1) is 0 Å². The first-order chi connectivity index (χ1) is 30.6. The van der Waals surface area contributed by atoms with Crippen LogP contribution >= 0.6 is 0 Å². The van der Waals surface area contributed by atoms with Gasteiger partial charge in [0.25, 0.3) is 0 Å². The van der Waals surface area contributed by atoms with E-state index in [1.807, 2.05) is 0 Å². The van der Waals surface area contributed by atoms with Gasteiger partial charge in [-0.3, -0.25) is 9.59 Å². The van der Waals surface area contributed by atoms with Gasteiger partial charge in [-0.1, -0.05) is 263 Å². The molecule has 5 heteroatoms. The van der Waals surface area contributed by atoms with Gasteiger partial charge in [0.05, 0.1) is 6.61 Å². The van der Waals surface area contributed by atoms with E-state index in [0.717, 1.165) is 51.4 Å². The Hall–Kier alpha value is -1.62. The highest BCUT2D eigenvalue weighted by Gasteiger charge is 2.17. The van der Waals surface area contributed by atoms with E-state index in [4.69, 9.17) is 14.2 Å². The lowest BCUT2D eigenvalue weighted by Crippen LogP contribution is -2.30. The molecule has 0 fully saturated rings. The maximum absolute atomic E-state index is 12.8. The van der Waals surface area contributed by atoms with Crippen molar-refractivity contribution in [2.45, 2.75) is 309 Å². The third kappa shape index (κ3) is 51.0. The number of unbranched alkanes of at least 4 members (excludes halogenated alkanes) is 37. The zero-order valence-electron chi connectivity index (χ0n) is 42.2. The second-order valence-corrected chi connectivity index (χ2v) is 18.9. The lowest BCUT2D eigenvalue weighted by atomic mass is 10.0. The smallest absolute Gasteiger partial charge is 0.306 e. The minimum Gasteiger partial charge on any atom is -0.462 e. The topological polar surface area (TPSA) is 61.8 Å². The van der Waals surface area contributed by atoms with Crippen LogP contribution in [0.4, 0.5) is 0 Å². The molecule has 0 N–H and O–H groups in total. The van der Waals surface area contributed by atoms with E-state index in [-0.39, 0.29) is 18.5 Å². The van der Waals surface area contributed by atoms with Gasteiger partial charge >= 0.3 is 11.9 Å². The van der Waals surface area contributed by atoms with E-state index in [1.54, 1.807) is 0 Å². The first kappa shape index (κ1) is 60.4. The van der Waals surface area contributed by atoms with E-state index in [2.05, 4.69) is 45.1 Å². The molecular formula is C57H108O5. The summed E-state index contributed by atoms with van der Waals surface area (Å²) in [6.45, 7) is 7.86. The van der Waals surface area contributed by atoms with E-state index < -0.39 is 6.10 Å². The average Bonchev–Trinajstić information content (AvgIpc) is 3.27. The molecule has 366 valence electrons. The van der Waals surface area contributed by atoms with Crippen LogP contribution in [-0.2, 0) is 23.8 Å². The maximum Gasteiger partial charge on any atom is 0.306 e. The third-order valence-electron chi connectivity index (χ3n) is 12.5. The third-order valence-corrected chi connectivity index (χ3v) is 12.5. The highest BCUT2D eigenvalue weighted by molar-refractivity contribution is 5.70. The summed E-state index contributed by atoms with van der Waals surface area (Å²) >= 11 is 0. The Balaban J connectivity index is 4.24. The molecule has 0 aliphatic rings. The molecule has 0 radical (unpaired) electrons. The van der Waals surface area contributed by atoms with Crippen molar-refractivity contribution in [1.82, 2.24) is 0 Å². The SMILES string of the molecule is CCCCC/C=C\C/C=C\CCCCCCCC(=O)OCC(COCCCCCCCCCCCCCCCCCC)OC(=O)CCCCCCCCCCCCCCCCC. The summed E-state index contributed by atoms with van der Waals surface area (Å²) in [5.74, 6) is -0.391. The predicted molar refractivity (Wildman–Crippen MR) is 270 cm³/mol. The van der Waals surface area contributed by atoms with E-state index in [1.165, 1.54) is 218 Å². The quantitative estimate of drug-likeness (QED) is 0.0346. The molecule has 0 aromatic rings. The molecule has 5 nitrogen and oxygen atoms in total. The number of esters is 2. The Morgan fingerprint density at radius 2 is 0.677 bits per heavy atom. The molecule has 0 spiro atoms. The lowest BCUT2D eigenvalue weighted by molar-refractivity contribution is -0.163. The van der Waals surface area contributed by atoms with E-state index in [0.29, 0.717) is 26.1 Å². The van der Waals surface area contributed by atoms with Crippen molar-refractivity contribution in [2.24, 2.45) is 0 Å². The first-order valence-corrected chi connectivity index (χ1v) is 27.9. The molecule has 1 atom stereocenters. The van der Waals surface area contributed by atoms with Gasteiger partial charge in [0, 0.05) is 19.4 Å². The summed E-state index contributed by atoms with van der Waals surface area (Å²) in [6.07, 6.45) is 63.3. The number of ether oxygens (including phenoxy) is 3. The zero-order valence-corrected chi connectivity index (χ0v) is 42.2. The number of carbonyl (C=O) groups is 2. The molecule has 0 saturated heterocycles. The molecule has 0 bridgehead atoms. The van der Waals surface area contributed by atoms with Crippen molar-refractivity contribution >= 4 is 11.9 Å². The fraction of sp³-hybridized carbons (Fsp3) is 0.895. The van der Waals surface area contributed by atoms with Crippen LogP contribution in [0.1, 0.15) is 303 Å². The Morgan fingerprint density at radius 1 is 0.355 bits per heavy atom. The van der Waals surface area contributed by atoms with Crippen LogP contribution in [-0.4, -0.2) is 37.9 Å². The van der Waals surface area contributed by atoms with Crippen LogP contribution in [0.2, 0.25) is 0 Å². The van der Waals surface area contributed by atoms with Crippen molar-refractivity contribution in [2.75, 3.05) is 19.8 Å². The molecule has 0 amide bonds. The van der Waals surface area contributed by atoms with Crippen LogP contribution in [0.3, 0.4) is 0 Å². The maximum atomic E-state index is 12.8. The number of hydrogen-bond acceptors (Lipinski definition) is 5. The minimum atomic E-state index is -0.534. The summed E-state index contributed by atoms with van der Waals surface area (Å²) in [4.78, 5) is 25.4. The van der Waals surface area contributed by atoms with Crippen molar-refractivity contribution < 1.29 is 23.8 Å². The number of allylic oxidation sites excluding steroid dienone is 4. The van der Waals surface area contributed by atoms with E-state index in [9.17, 15) is 9.59 Å². The number of carbonyl (C=O) groups excluding carboxylic acids is 2. The van der Waals surface area contributed by atoms with Gasteiger partial charge in [0.15, 0.2) is 6.10 Å². The van der Waals surface area contributed by atoms with Crippen LogP contribution in [0.15, 0.2) is 24.3 Å². The summed E-state index contributed by atoms with van der Waals surface area (Å²) in [6, 6.07) is 0. The van der Waals surface area contributed by atoms with Crippen LogP contribution in [0.25, 0.3) is 0 Å². The molecule has 0 heterocycles. The van der Waals surface area contributed by atoms with Gasteiger partial charge in [-0.15, -0.1) is 0 Å². The number of rotatable bonds is 52. The highest BCUT2D eigenvalue weighted by Crippen LogP contribution is 2.16. The zero-order chi connectivity index (χ0) is 44.9. The van der Waals surface area contributed by atoms with Crippen LogP contribution in [0.5, 0.6) is 0 Å². The first-order valence-electron chi connectivity index (χ1n) is 27.9. The summed E-state index contributed by atoms with van der Waals surface area (Å²) in [5.41, 5.74) is 0. The molecule has 0 aromatic heterocycles. The molecule has 0 aliphatic heterocycles. The molecular weight excluding hydrogens is 765 g/mol. The fourth-order valence-corrected chi connectivity index (χ4v) is 8.31. The normalized spacial score (nSPS) is 12.2. The Kier molecular flexibility index (Phi) is 52.3. The Morgan fingerprint density at radius 3 is 1.10 bits per heavy atom. The molecule has 0 rings (SSSR count). The second kappa shape index (κ2) is 53.7. The standard InChI is InChI=1S/C57H108O5/c1-4-7-10-13-16-19-22-25-28-31-34-37-40-43-46-49-52-60-53-55(62-57(59)51-48-45-42-39-36-33-30-27-24-21-18-15-12-9-6-3)54-61-56(58)50-47-44-41-38-35-32-29-26-23-20-17-14-11-8-5-2/h17,20,26,29,55H,4-16,18-19,21-25,27-28,30-54H2,1-3H3/b20-17-,29-26-. The Labute approximate surface area is 387 Å². The monoisotopic (exact) mass is 873 g/mol. The molecule has 0 aromatic carbocycles. The van der Waals surface area contributed by atoms with Crippen molar-refractivity contribution in [3.05, 3.63) is 24.3 Å². The minimum absolute atomic E-state index is 0.0860. The fourth-order valence-electron chi connectivity index (χ4n) is 8.31. The largest absolute Gasteiger partial charge is 0.462 e. The summed E-state index contributed by atoms with van der Waals surface area (Å²) < 4.78 is 17.5. The lowest BCUT2D eigenvalue weighted by Gasteiger charge is -2.18. The van der Waals surface area contributed by atoms with E-state index >= 15 is 0 Å². The predicted octanol–water partition coefficient (Wildman–Crippen LogP) is 18.8. The van der Waals surface area contributed by atoms with Crippen molar-refractivity contribution in [3.8, 4) is 0 Å².